The van der Waals surface area contributed by atoms with Crippen molar-refractivity contribution in [2.24, 2.45) is 0 Å². The summed E-state index contributed by atoms with van der Waals surface area (Å²) in [5, 5.41) is 0. The third kappa shape index (κ3) is 3.77. The van der Waals surface area contributed by atoms with Crippen LogP contribution in [0, 0.1) is 0 Å². The molecule has 21 heavy (non-hydrogen) atoms. The van der Waals surface area contributed by atoms with Gasteiger partial charge >= 0.3 is 0 Å². The molecular formula is C16H18BrN3S. The van der Waals surface area contributed by atoms with E-state index in [4.69, 9.17) is 10.7 Å². The average molecular weight is 364 g/mol. The van der Waals surface area contributed by atoms with E-state index < -0.39 is 0 Å². The minimum Gasteiger partial charge on any atom is -0.383 e. The number of fused-ring (bicyclic) bond motifs is 1. The molecule has 1 aliphatic carbocycles. The third-order valence-corrected chi connectivity index (χ3v) is 5.23. The van der Waals surface area contributed by atoms with E-state index in [0.717, 1.165) is 28.9 Å². The van der Waals surface area contributed by atoms with Gasteiger partial charge in [-0.05, 0) is 49.9 Å². The highest BCUT2D eigenvalue weighted by Gasteiger charge is 2.15. The number of aromatic nitrogens is 2. The zero-order chi connectivity index (χ0) is 14.7. The normalized spacial score (nSPS) is 14.5. The molecule has 5 heteroatoms. The predicted molar refractivity (Wildman–Crippen MR) is 91.4 cm³/mol. The van der Waals surface area contributed by atoms with Crippen molar-refractivity contribution in [3.63, 3.8) is 0 Å². The number of aryl methyl sites for hydroxylation is 1. The van der Waals surface area contributed by atoms with Crippen LogP contribution in [-0.2, 0) is 18.6 Å². The summed E-state index contributed by atoms with van der Waals surface area (Å²) in [4.78, 5) is 10.5. The molecule has 0 saturated heterocycles. The molecule has 0 atom stereocenters. The number of benzene rings is 1. The summed E-state index contributed by atoms with van der Waals surface area (Å²) in [5.41, 5.74) is 8.49. The van der Waals surface area contributed by atoms with Gasteiger partial charge in [0.25, 0.3) is 0 Å². The molecule has 1 aliphatic rings. The van der Waals surface area contributed by atoms with Gasteiger partial charge in [-0.25, -0.2) is 9.97 Å². The molecule has 1 aromatic heterocycles. The molecule has 1 aromatic carbocycles. The van der Waals surface area contributed by atoms with E-state index in [1.54, 1.807) is 11.8 Å². The fourth-order valence-corrected chi connectivity index (χ4v) is 3.61. The summed E-state index contributed by atoms with van der Waals surface area (Å²) in [5.74, 6) is 2.30. The number of hydrogen-bond acceptors (Lipinski definition) is 4. The molecule has 0 fully saturated rings. The number of nitrogen functional groups attached to an aromatic ring is 1. The van der Waals surface area contributed by atoms with Gasteiger partial charge < -0.3 is 5.73 Å². The number of nitrogens with two attached hydrogens (primary N) is 1. The largest absolute Gasteiger partial charge is 0.383 e. The van der Waals surface area contributed by atoms with Crippen LogP contribution in [0.5, 0.6) is 0 Å². The van der Waals surface area contributed by atoms with Gasteiger partial charge in [-0.15, -0.1) is 11.8 Å². The highest BCUT2D eigenvalue weighted by molar-refractivity contribution is 9.10. The minimum absolute atomic E-state index is 0.688. The van der Waals surface area contributed by atoms with E-state index in [9.17, 15) is 0 Å². The van der Waals surface area contributed by atoms with Crippen molar-refractivity contribution in [1.29, 1.82) is 0 Å². The van der Waals surface area contributed by atoms with Gasteiger partial charge in [0.05, 0.1) is 5.75 Å². The van der Waals surface area contributed by atoms with E-state index >= 15 is 0 Å². The number of halogens is 1. The summed E-state index contributed by atoms with van der Waals surface area (Å²) in [7, 11) is 0. The first-order chi connectivity index (χ1) is 10.2. The fourth-order valence-electron chi connectivity index (χ4n) is 2.60. The molecule has 0 radical (unpaired) electrons. The first kappa shape index (κ1) is 14.9. The Hall–Kier alpha value is -1.07. The van der Waals surface area contributed by atoms with Crippen LogP contribution < -0.4 is 5.73 Å². The molecular weight excluding hydrogens is 346 g/mol. The van der Waals surface area contributed by atoms with Crippen LogP contribution in [0.4, 0.5) is 5.82 Å². The summed E-state index contributed by atoms with van der Waals surface area (Å²) in [6.45, 7) is 0. The monoisotopic (exact) mass is 363 g/mol. The van der Waals surface area contributed by atoms with Crippen molar-refractivity contribution < 1.29 is 0 Å². The minimum atomic E-state index is 0.688. The van der Waals surface area contributed by atoms with Crippen LogP contribution in [0.15, 0.2) is 33.6 Å². The summed E-state index contributed by atoms with van der Waals surface area (Å²) >= 11 is 5.19. The van der Waals surface area contributed by atoms with Crippen LogP contribution in [0.3, 0.4) is 0 Å². The van der Waals surface area contributed by atoms with Gasteiger partial charge in [0.1, 0.15) is 11.6 Å². The maximum absolute atomic E-state index is 6.13. The van der Waals surface area contributed by atoms with Crippen LogP contribution in [0.2, 0.25) is 0 Å². The Balaban J connectivity index is 1.75. The van der Waals surface area contributed by atoms with Crippen LogP contribution in [0.25, 0.3) is 0 Å². The van der Waals surface area contributed by atoms with Crippen LogP contribution >= 0.6 is 27.7 Å². The van der Waals surface area contributed by atoms with Crippen molar-refractivity contribution in [2.45, 2.75) is 42.8 Å². The highest BCUT2D eigenvalue weighted by Crippen LogP contribution is 2.26. The lowest BCUT2D eigenvalue weighted by Gasteiger charge is -2.10. The average Bonchev–Trinajstić information content (AvgIpc) is 2.72. The molecule has 0 amide bonds. The lowest BCUT2D eigenvalue weighted by Crippen LogP contribution is -2.08. The van der Waals surface area contributed by atoms with Crippen molar-refractivity contribution in [2.75, 3.05) is 5.73 Å². The van der Waals surface area contributed by atoms with Crippen molar-refractivity contribution in [3.8, 4) is 0 Å². The fraction of sp³-hybridized carbons (Fsp3) is 0.375. The first-order valence-corrected chi connectivity index (χ1v) is 9.03. The molecule has 0 unspecified atom stereocenters. The number of rotatable bonds is 3. The Morgan fingerprint density at radius 1 is 1.05 bits per heavy atom. The van der Waals surface area contributed by atoms with Crippen LogP contribution in [0.1, 0.15) is 36.3 Å². The third-order valence-electron chi connectivity index (χ3n) is 3.69. The molecule has 110 valence electrons. The van der Waals surface area contributed by atoms with Crippen LogP contribution in [-0.4, -0.2) is 9.97 Å². The van der Waals surface area contributed by atoms with Crippen molar-refractivity contribution in [3.05, 3.63) is 45.8 Å². The number of anilines is 1. The topological polar surface area (TPSA) is 51.8 Å². The van der Waals surface area contributed by atoms with E-state index in [0.29, 0.717) is 5.82 Å². The standard InChI is InChI=1S/C16H18BrN3S/c17-11-6-8-12(9-7-11)21-10-15-19-14-5-3-1-2-4-13(14)16(18)20-15/h6-9H,1-5,10H2,(H2,18,19,20). The van der Waals surface area contributed by atoms with Gasteiger partial charge in [-0.2, -0.15) is 0 Å². The van der Waals surface area contributed by atoms with E-state index in [1.807, 2.05) is 0 Å². The molecule has 1 heterocycles. The molecule has 3 nitrogen and oxygen atoms in total. The zero-order valence-electron chi connectivity index (χ0n) is 11.8. The van der Waals surface area contributed by atoms with Crippen molar-refractivity contribution in [1.82, 2.24) is 9.97 Å². The summed E-state index contributed by atoms with van der Waals surface area (Å²) in [6, 6.07) is 8.30. The van der Waals surface area contributed by atoms with E-state index in [-0.39, 0.29) is 0 Å². The number of hydrogen-bond donors (Lipinski definition) is 1. The predicted octanol–water partition coefficient (Wildman–Crippen LogP) is 4.38. The SMILES string of the molecule is Nc1nc(CSc2ccc(Br)cc2)nc2c1CCCCC2. The second-order valence-corrected chi connectivity index (χ2v) is 7.22. The Bertz CT molecular complexity index is 628. The van der Waals surface area contributed by atoms with E-state index in [2.05, 4.69) is 45.2 Å². The van der Waals surface area contributed by atoms with Gasteiger partial charge in [0.2, 0.25) is 0 Å². The van der Waals surface area contributed by atoms with Gasteiger partial charge in [0.15, 0.2) is 0 Å². The lowest BCUT2D eigenvalue weighted by molar-refractivity contribution is 0.708. The summed E-state index contributed by atoms with van der Waals surface area (Å²) in [6.07, 6.45) is 5.74. The maximum Gasteiger partial charge on any atom is 0.141 e. The first-order valence-electron chi connectivity index (χ1n) is 7.25. The summed E-state index contributed by atoms with van der Waals surface area (Å²) < 4.78 is 1.09. The molecule has 2 aromatic rings. The smallest absolute Gasteiger partial charge is 0.141 e. The molecule has 0 aliphatic heterocycles. The highest BCUT2D eigenvalue weighted by atomic mass is 79.9. The molecule has 2 N–H and O–H groups in total. The van der Waals surface area contributed by atoms with E-state index in [1.165, 1.54) is 35.4 Å². The second kappa shape index (κ2) is 6.79. The van der Waals surface area contributed by atoms with Gasteiger partial charge in [-0.3, -0.25) is 0 Å². The van der Waals surface area contributed by atoms with Gasteiger partial charge in [-0.1, -0.05) is 22.4 Å². The van der Waals surface area contributed by atoms with Crippen molar-refractivity contribution >= 4 is 33.5 Å². The lowest BCUT2D eigenvalue weighted by atomic mass is 10.1. The molecule has 0 saturated carbocycles. The van der Waals surface area contributed by atoms with Gasteiger partial charge in [0, 0.05) is 20.6 Å². The zero-order valence-corrected chi connectivity index (χ0v) is 14.2. The Kier molecular flexibility index (Phi) is 4.80. The Morgan fingerprint density at radius 3 is 2.62 bits per heavy atom. The quantitative estimate of drug-likeness (QED) is 0.649. The number of thioether (sulfide) groups is 1. The molecule has 3 rings (SSSR count). The Labute approximate surface area is 137 Å². The second-order valence-electron chi connectivity index (χ2n) is 5.25. The molecule has 0 spiro atoms. The Morgan fingerprint density at radius 2 is 1.81 bits per heavy atom. The number of nitrogens with zero attached hydrogens (tertiary/aromatic N) is 2. The molecule has 0 bridgehead atoms. The maximum atomic E-state index is 6.13.